The summed E-state index contributed by atoms with van der Waals surface area (Å²) in [6, 6.07) is 0. The Morgan fingerprint density at radius 1 is 0.848 bits per heavy atom. The number of ether oxygens (including phenoxy) is 1. The summed E-state index contributed by atoms with van der Waals surface area (Å²) >= 11 is 0. The SMILES string of the molecule is CCCCCCCC/C=C\CCCCCCC(OCC)C(=O)OOC(=O)C(O)NC(=O)CN. The molecule has 9 heteroatoms. The van der Waals surface area contributed by atoms with Crippen molar-refractivity contribution < 1.29 is 34.0 Å². The maximum Gasteiger partial charge on any atom is 0.404 e. The second-order valence-electron chi connectivity index (χ2n) is 7.94. The van der Waals surface area contributed by atoms with Crippen molar-refractivity contribution in [3.63, 3.8) is 0 Å². The van der Waals surface area contributed by atoms with Gasteiger partial charge in [0.25, 0.3) is 0 Å². The van der Waals surface area contributed by atoms with Crippen LogP contribution in [0.5, 0.6) is 0 Å². The number of carbonyl (C=O) groups excluding carboxylic acids is 3. The summed E-state index contributed by atoms with van der Waals surface area (Å²) in [7, 11) is 0. The van der Waals surface area contributed by atoms with Crippen LogP contribution in [0.1, 0.15) is 97.3 Å². The van der Waals surface area contributed by atoms with Crippen molar-refractivity contribution in [1.29, 1.82) is 0 Å². The first kappa shape index (κ1) is 31.0. The van der Waals surface area contributed by atoms with Crippen molar-refractivity contribution in [2.45, 2.75) is 110 Å². The fraction of sp³-hybridized carbons (Fsp3) is 0.792. The van der Waals surface area contributed by atoms with E-state index in [1.54, 1.807) is 6.92 Å². The van der Waals surface area contributed by atoms with Crippen LogP contribution in [0.4, 0.5) is 0 Å². The van der Waals surface area contributed by atoms with Crippen LogP contribution >= 0.6 is 0 Å². The van der Waals surface area contributed by atoms with Gasteiger partial charge in [-0.1, -0.05) is 70.4 Å². The Morgan fingerprint density at radius 3 is 1.97 bits per heavy atom. The third kappa shape index (κ3) is 18.2. The third-order valence-electron chi connectivity index (χ3n) is 5.02. The first-order valence-electron chi connectivity index (χ1n) is 12.3. The molecule has 9 nitrogen and oxygen atoms in total. The molecule has 33 heavy (non-hydrogen) atoms. The van der Waals surface area contributed by atoms with Gasteiger partial charge in [0.15, 0.2) is 6.10 Å². The number of aliphatic hydroxyl groups excluding tert-OH is 1. The highest BCUT2D eigenvalue weighted by Gasteiger charge is 2.26. The molecular weight excluding hydrogens is 428 g/mol. The number of nitrogens with one attached hydrogen (secondary N) is 1. The van der Waals surface area contributed by atoms with Crippen molar-refractivity contribution in [2.75, 3.05) is 13.2 Å². The minimum atomic E-state index is -1.97. The van der Waals surface area contributed by atoms with E-state index >= 15 is 0 Å². The molecule has 0 aromatic carbocycles. The lowest BCUT2D eigenvalue weighted by atomic mass is 10.1. The van der Waals surface area contributed by atoms with Gasteiger partial charge in [-0.3, -0.25) is 4.79 Å². The van der Waals surface area contributed by atoms with Crippen LogP contribution in [-0.2, 0) is 28.9 Å². The second kappa shape index (κ2) is 21.9. The molecule has 0 bridgehead atoms. The molecule has 2 atom stereocenters. The van der Waals surface area contributed by atoms with Gasteiger partial charge in [-0.05, 0) is 39.0 Å². The van der Waals surface area contributed by atoms with Crippen LogP contribution in [0.3, 0.4) is 0 Å². The zero-order valence-electron chi connectivity index (χ0n) is 20.4. The zero-order valence-corrected chi connectivity index (χ0v) is 20.4. The summed E-state index contributed by atoms with van der Waals surface area (Å²) in [5, 5.41) is 11.3. The van der Waals surface area contributed by atoms with Gasteiger partial charge >= 0.3 is 11.9 Å². The quantitative estimate of drug-likeness (QED) is 0.0806. The lowest BCUT2D eigenvalue weighted by molar-refractivity contribution is -0.271. The van der Waals surface area contributed by atoms with Crippen LogP contribution in [0, 0.1) is 0 Å². The highest BCUT2D eigenvalue weighted by Crippen LogP contribution is 2.12. The second-order valence-corrected chi connectivity index (χ2v) is 7.94. The summed E-state index contributed by atoms with van der Waals surface area (Å²) in [5.74, 6) is -2.95. The molecule has 0 aromatic rings. The molecule has 0 aliphatic heterocycles. The molecule has 1 amide bonds. The molecule has 2 unspecified atom stereocenters. The van der Waals surface area contributed by atoms with Gasteiger partial charge in [-0.2, -0.15) is 0 Å². The summed E-state index contributed by atoms with van der Waals surface area (Å²) in [6.07, 6.45) is 16.1. The number of aliphatic hydroxyl groups is 1. The lowest BCUT2D eigenvalue weighted by Crippen LogP contribution is -2.44. The fourth-order valence-corrected chi connectivity index (χ4v) is 3.15. The van der Waals surface area contributed by atoms with E-state index in [9.17, 15) is 19.5 Å². The number of rotatable bonds is 20. The summed E-state index contributed by atoms with van der Waals surface area (Å²) in [6.45, 7) is 3.87. The van der Waals surface area contributed by atoms with Gasteiger partial charge < -0.3 is 20.9 Å². The van der Waals surface area contributed by atoms with Gasteiger partial charge in [0.1, 0.15) is 0 Å². The van der Waals surface area contributed by atoms with E-state index in [1.165, 1.54) is 38.5 Å². The van der Waals surface area contributed by atoms with Gasteiger partial charge in [0.2, 0.25) is 12.1 Å². The van der Waals surface area contributed by atoms with E-state index in [0.29, 0.717) is 13.0 Å². The topological polar surface area (TPSA) is 137 Å². The number of unbranched alkanes of at least 4 members (excludes halogenated alkanes) is 10. The molecule has 0 saturated carbocycles. The van der Waals surface area contributed by atoms with Crippen LogP contribution < -0.4 is 11.1 Å². The van der Waals surface area contributed by atoms with Crippen LogP contribution in [-0.4, -0.2) is 48.4 Å². The fourth-order valence-electron chi connectivity index (χ4n) is 3.15. The Kier molecular flexibility index (Phi) is 20.5. The molecule has 0 saturated heterocycles. The maximum absolute atomic E-state index is 12.1. The molecule has 192 valence electrons. The molecule has 0 aromatic heterocycles. The monoisotopic (exact) mass is 472 g/mol. The zero-order chi connectivity index (χ0) is 24.7. The molecule has 0 heterocycles. The Balaban J connectivity index is 3.91. The Bertz CT molecular complexity index is 555. The Labute approximate surface area is 198 Å². The lowest BCUT2D eigenvalue weighted by Gasteiger charge is -2.15. The van der Waals surface area contributed by atoms with E-state index in [1.807, 2.05) is 5.32 Å². The minimum Gasteiger partial charge on any atom is -0.367 e. The first-order chi connectivity index (χ1) is 16.0. The summed E-state index contributed by atoms with van der Waals surface area (Å²) in [4.78, 5) is 43.4. The molecule has 0 rings (SSSR count). The molecule has 0 fully saturated rings. The van der Waals surface area contributed by atoms with Crippen molar-refractivity contribution in [1.82, 2.24) is 5.32 Å². The highest BCUT2D eigenvalue weighted by atomic mass is 17.2. The van der Waals surface area contributed by atoms with E-state index in [-0.39, 0.29) is 0 Å². The highest BCUT2D eigenvalue weighted by molar-refractivity contribution is 5.84. The van der Waals surface area contributed by atoms with E-state index in [4.69, 9.17) is 10.5 Å². The van der Waals surface area contributed by atoms with Gasteiger partial charge in [0, 0.05) is 6.61 Å². The van der Waals surface area contributed by atoms with Gasteiger partial charge in [-0.15, -0.1) is 0 Å². The van der Waals surface area contributed by atoms with Gasteiger partial charge in [0.05, 0.1) is 6.54 Å². The number of carbonyl (C=O) groups is 3. The van der Waals surface area contributed by atoms with E-state index in [2.05, 4.69) is 28.9 Å². The number of amides is 1. The number of hydrogen-bond donors (Lipinski definition) is 3. The number of hydrogen-bond acceptors (Lipinski definition) is 8. The van der Waals surface area contributed by atoms with Crippen molar-refractivity contribution >= 4 is 17.8 Å². The van der Waals surface area contributed by atoms with E-state index < -0.39 is 36.7 Å². The molecule has 0 spiro atoms. The third-order valence-corrected chi connectivity index (χ3v) is 5.02. The average molecular weight is 473 g/mol. The largest absolute Gasteiger partial charge is 0.404 e. The molecular formula is C24H44N2O7. The standard InChI is InChI=1S/C24H44N2O7/c1-3-5-6-7-8-9-10-11-12-13-14-15-16-17-18-20(31-4-2)23(29)32-33-24(30)22(28)26-21(27)19-25/h11-12,20,22,28H,3-10,13-19,25H2,1-2H3,(H,26,27)/b12-11-. The van der Waals surface area contributed by atoms with Gasteiger partial charge in [-0.25, -0.2) is 19.4 Å². The molecule has 0 aliphatic rings. The van der Waals surface area contributed by atoms with Crippen LogP contribution in [0.2, 0.25) is 0 Å². The van der Waals surface area contributed by atoms with Crippen molar-refractivity contribution in [2.24, 2.45) is 5.73 Å². The number of nitrogens with two attached hydrogens (primary N) is 1. The van der Waals surface area contributed by atoms with Crippen molar-refractivity contribution in [3.8, 4) is 0 Å². The normalized spacial score (nSPS) is 13.0. The number of allylic oxidation sites excluding steroid dienone is 2. The van der Waals surface area contributed by atoms with Crippen molar-refractivity contribution in [3.05, 3.63) is 12.2 Å². The summed E-state index contributed by atoms with van der Waals surface area (Å²) in [5.41, 5.74) is 5.06. The van der Waals surface area contributed by atoms with Crippen LogP contribution in [0.25, 0.3) is 0 Å². The molecule has 4 N–H and O–H groups in total. The first-order valence-corrected chi connectivity index (χ1v) is 12.3. The predicted octanol–water partition coefficient (Wildman–Crippen LogP) is 3.43. The Morgan fingerprint density at radius 2 is 1.39 bits per heavy atom. The van der Waals surface area contributed by atoms with E-state index in [0.717, 1.165) is 38.5 Å². The molecule has 0 radical (unpaired) electrons. The smallest absolute Gasteiger partial charge is 0.367 e. The average Bonchev–Trinajstić information content (AvgIpc) is 2.81. The molecule has 0 aliphatic carbocycles. The Hall–Kier alpha value is -1.97. The minimum absolute atomic E-state index is 0.298. The predicted molar refractivity (Wildman–Crippen MR) is 126 cm³/mol. The maximum atomic E-state index is 12.1. The van der Waals surface area contributed by atoms with Crippen LogP contribution in [0.15, 0.2) is 12.2 Å². The summed E-state index contributed by atoms with van der Waals surface area (Å²) < 4.78 is 5.37.